The van der Waals surface area contributed by atoms with Crippen molar-refractivity contribution in [1.82, 2.24) is 15.6 Å². The van der Waals surface area contributed by atoms with E-state index in [9.17, 15) is 8.78 Å². The van der Waals surface area contributed by atoms with Crippen LogP contribution in [0.2, 0.25) is 0 Å². The summed E-state index contributed by atoms with van der Waals surface area (Å²) in [6.45, 7) is 2.23. The average Bonchev–Trinajstić information content (AvgIpc) is 2.69. The van der Waals surface area contributed by atoms with Gasteiger partial charge in [0.25, 0.3) is 6.43 Å². The van der Waals surface area contributed by atoms with Crippen molar-refractivity contribution in [3.63, 3.8) is 0 Å². The molecular formula is C10H17F2IN4S. The van der Waals surface area contributed by atoms with Gasteiger partial charge in [0.1, 0.15) is 0 Å². The number of hydrogen-bond donors (Lipinski definition) is 2. The summed E-state index contributed by atoms with van der Waals surface area (Å²) in [5.74, 6) is 0.388. The van der Waals surface area contributed by atoms with Crippen LogP contribution in [-0.4, -0.2) is 37.5 Å². The van der Waals surface area contributed by atoms with Crippen LogP contribution in [0.4, 0.5) is 8.78 Å². The number of hydrogen-bond acceptors (Lipinski definition) is 3. The Labute approximate surface area is 126 Å². The van der Waals surface area contributed by atoms with E-state index < -0.39 is 13.0 Å². The van der Waals surface area contributed by atoms with Crippen LogP contribution in [0, 0.1) is 6.92 Å². The van der Waals surface area contributed by atoms with Crippen LogP contribution in [0.5, 0.6) is 0 Å². The maximum atomic E-state index is 12.0. The third-order valence-electron chi connectivity index (χ3n) is 1.95. The summed E-state index contributed by atoms with van der Waals surface area (Å²) in [5, 5.41) is 6.51. The van der Waals surface area contributed by atoms with Crippen LogP contribution in [0.3, 0.4) is 0 Å². The molecule has 0 aliphatic carbocycles. The number of rotatable bonds is 5. The summed E-state index contributed by atoms with van der Waals surface area (Å²) in [6, 6.07) is 0. The summed E-state index contributed by atoms with van der Waals surface area (Å²) in [6.07, 6.45) is 0.202. The van der Waals surface area contributed by atoms with E-state index in [-0.39, 0.29) is 24.0 Å². The lowest BCUT2D eigenvalue weighted by molar-refractivity contribution is 0.152. The van der Waals surface area contributed by atoms with Crippen molar-refractivity contribution in [3.05, 3.63) is 16.1 Å². The topological polar surface area (TPSA) is 49.3 Å². The molecule has 0 amide bonds. The molecule has 0 saturated carbocycles. The van der Waals surface area contributed by atoms with Gasteiger partial charge >= 0.3 is 0 Å². The van der Waals surface area contributed by atoms with E-state index in [1.54, 1.807) is 18.4 Å². The Hall–Kier alpha value is -0.510. The third-order valence-corrected chi connectivity index (χ3v) is 2.92. The van der Waals surface area contributed by atoms with E-state index in [1.165, 1.54) is 4.88 Å². The Morgan fingerprint density at radius 1 is 1.50 bits per heavy atom. The number of thiazole rings is 1. The van der Waals surface area contributed by atoms with Gasteiger partial charge in [-0.1, -0.05) is 0 Å². The van der Waals surface area contributed by atoms with Crippen LogP contribution >= 0.6 is 35.3 Å². The Kier molecular flexibility index (Phi) is 9.16. The third kappa shape index (κ3) is 7.04. The molecule has 1 rings (SSSR count). The molecule has 0 fully saturated rings. The zero-order valence-corrected chi connectivity index (χ0v) is 13.4. The molecule has 1 heterocycles. The number of aromatic nitrogens is 1. The van der Waals surface area contributed by atoms with Crippen LogP contribution in [0.25, 0.3) is 0 Å². The van der Waals surface area contributed by atoms with E-state index in [2.05, 4.69) is 20.6 Å². The number of halogens is 3. The molecule has 0 aliphatic heterocycles. The molecule has 0 unspecified atom stereocenters. The Bertz CT molecular complexity index is 371. The summed E-state index contributed by atoms with van der Waals surface area (Å²) in [5.41, 5.74) is 0. The quantitative estimate of drug-likeness (QED) is 0.460. The van der Waals surface area contributed by atoms with Gasteiger partial charge in [-0.25, -0.2) is 13.8 Å². The summed E-state index contributed by atoms with van der Waals surface area (Å²) in [4.78, 5) is 9.22. The predicted molar refractivity (Wildman–Crippen MR) is 81.3 cm³/mol. The number of aliphatic imine (C=N–C) groups is 1. The number of nitrogens with zero attached hydrogens (tertiary/aromatic N) is 2. The molecule has 2 N–H and O–H groups in total. The molecule has 104 valence electrons. The van der Waals surface area contributed by atoms with Crippen LogP contribution in [-0.2, 0) is 6.42 Å². The second kappa shape index (κ2) is 9.42. The summed E-state index contributed by atoms with van der Waals surface area (Å²) < 4.78 is 23.9. The van der Waals surface area contributed by atoms with E-state index >= 15 is 0 Å². The largest absolute Gasteiger partial charge is 0.356 e. The second-order valence-electron chi connectivity index (χ2n) is 3.39. The highest BCUT2D eigenvalue weighted by molar-refractivity contribution is 14.0. The van der Waals surface area contributed by atoms with E-state index in [0.717, 1.165) is 11.4 Å². The number of aryl methyl sites for hydroxylation is 1. The van der Waals surface area contributed by atoms with Crippen LogP contribution < -0.4 is 10.6 Å². The van der Waals surface area contributed by atoms with Crippen molar-refractivity contribution in [1.29, 1.82) is 0 Å². The lowest BCUT2D eigenvalue weighted by Gasteiger charge is -2.10. The smallest absolute Gasteiger partial charge is 0.255 e. The minimum atomic E-state index is -2.38. The van der Waals surface area contributed by atoms with E-state index in [1.807, 2.05) is 13.1 Å². The maximum absolute atomic E-state index is 12.0. The fourth-order valence-electron chi connectivity index (χ4n) is 1.20. The zero-order chi connectivity index (χ0) is 12.7. The van der Waals surface area contributed by atoms with Crippen molar-refractivity contribution in [2.45, 2.75) is 19.8 Å². The lowest BCUT2D eigenvalue weighted by atomic mass is 10.4. The van der Waals surface area contributed by atoms with Crippen LogP contribution in [0.15, 0.2) is 11.2 Å². The molecule has 0 spiro atoms. The highest BCUT2D eigenvalue weighted by Crippen LogP contribution is 2.10. The van der Waals surface area contributed by atoms with Crippen molar-refractivity contribution in [2.24, 2.45) is 4.99 Å². The van der Waals surface area contributed by atoms with Crippen molar-refractivity contribution in [2.75, 3.05) is 20.1 Å². The first-order chi connectivity index (χ1) is 8.11. The van der Waals surface area contributed by atoms with Crippen molar-refractivity contribution < 1.29 is 8.78 Å². The highest BCUT2D eigenvalue weighted by atomic mass is 127. The fraction of sp³-hybridized carbons (Fsp3) is 0.600. The van der Waals surface area contributed by atoms with Gasteiger partial charge in [-0.2, -0.15) is 0 Å². The normalized spacial score (nSPS) is 11.3. The minimum Gasteiger partial charge on any atom is -0.356 e. The number of guanidine groups is 1. The molecule has 8 heteroatoms. The average molecular weight is 390 g/mol. The van der Waals surface area contributed by atoms with E-state index in [0.29, 0.717) is 12.5 Å². The predicted octanol–water partition coefficient (Wildman–Crippen LogP) is 2.04. The first-order valence-electron chi connectivity index (χ1n) is 5.25. The summed E-state index contributed by atoms with van der Waals surface area (Å²) in [7, 11) is 1.55. The maximum Gasteiger partial charge on any atom is 0.255 e. The first-order valence-corrected chi connectivity index (χ1v) is 6.07. The monoisotopic (exact) mass is 390 g/mol. The Morgan fingerprint density at radius 3 is 2.72 bits per heavy atom. The standard InChI is InChI=1S/C10H16F2N4S.HI/c1-7-5-15-9(17-7)3-4-14-10(13-2)16-6-8(11)12;/h5,8H,3-4,6H2,1-2H3,(H2,13,14,16);1H. The van der Waals surface area contributed by atoms with E-state index in [4.69, 9.17) is 0 Å². The van der Waals surface area contributed by atoms with Crippen molar-refractivity contribution in [3.8, 4) is 0 Å². The van der Waals surface area contributed by atoms with Gasteiger partial charge in [-0.15, -0.1) is 35.3 Å². The SMILES string of the molecule is CN=C(NCCc1ncc(C)s1)NCC(F)F.I. The zero-order valence-electron chi connectivity index (χ0n) is 10.2. The molecule has 4 nitrogen and oxygen atoms in total. The van der Waals surface area contributed by atoms with Gasteiger partial charge in [-0.3, -0.25) is 4.99 Å². The van der Waals surface area contributed by atoms with Gasteiger partial charge in [-0.05, 0) is 6.92 Å². The molecule has 0 aromatic carbocycles. The van der Waals surface area contributed by atoms with Gasteiger partial charge in [0.2, 0.25) is 0 Å². The Morgan fingerprint density at radius 2 is 2.22 bits per heavy atom. The number of alkyl halides is 2. The second-order valence-corrected chi connectivity index (χ2v) is 4.70. The molecule has 0 saturated heterocycles. The molecule has 18 heavy (non-hydrogen) atoms. The Balaban J connectivity index is 0.00000289. The lowest BCUT2D eigenvalue weighted by Crippen LogP contribution is -2.40. The molecule has 0 atom stereocenters. The van der Waals surface area contributed by atoms with Gasteiger partial charge in [0.05, 0.1) is 11.6 Å². The fourth-order valence-corrected chi connectivity index (χ4v) is 1.99. The molecule has 0 bridgehead atoms. The van der Waals surface area contributed by atoms with Gasteiger partial charge in [0.15, 0.2) is 5.96 Å². The molecular weight excluding hydrogens is 373 g/mol. The van der Waals surface area contributed by atoms with Crippen LogP contribution in [0.1, 0.15) is 9.88 Å². The number of nitrogens with one attached hydrogen (secondary N) is 2. The molecule has 0 aliphatic rings. The van der Waals surface area contributed by atoms with Crippen molar-refractivity contribution >= 4 is 41.3 Å². The molecule has 1 aromatic heterocycles. The molecule has 0 radical (unpaired) electrons. The first kappa shape index (κ1) is 17.5. The highest BCUT2D eigenvalue weighted by Gasteiger charge is 2.04. The van der Waals surface area contributed by atoms with Gasteiger partial charge < -0.3 is 10.6 Å². The summed E-state index contributed by atoms with van der Waals surface area (Å²) >= 11 is 1.63. The molecule has 1 aromatic rings. The van der Waals surface area contributed by atoms with Gasteiger partial charge in [0, 0.05) is 31.1 Å². The minimum absolute atomic E-state index is 0.